The number of sulfone groups is 1. The van der Waals surface area contributed by atoms with Crippen molar-refractivity contribution in [2.75, 3.05) is 12.3 Å². The third kappa shape index (κ3) is 5.77. The summed E-state index contributed by atoms with van der Waals surface area (Å²) in [6.45, 7) is 12.0. The lowest BCUT2D eigenvalue weighted by Gasteiger charge is -2.42. The van der Waals surface area contributed by atoms with Crippen LogP contribution in [-0.4, -0.2) is 45.1 Å². The molecule has 2 amide bonds. The molecule has 35 heavy (non-hydrogen) atoms. The van der Waals surface area contributed by atoms with Crippen LogP contribution in [0.5, 0.6) is 0 Å². The van der Waals surface area contributed by atoms with E-state index in [0.717, 1.165) is 36.5 Å². The van der Waals surface area contributed by atoms with Crippen LogP contribution in [-0.2, 0) is 19.1 Å². The lowest BCUT2D eigenvalue weighted by Crippen LogP contribution is -2.52. The van der Waals surface area contributed by atoms with Crippen molar-refractivity contribution in [1.29, 1.82) is 0 Å². The second kappa shape index (κ2) is 10.9. The molecule has 0 aliphatic carbocycles. The van der Waals surface area contributed by atoms with Crippen molar-refractivity contribution in [3.05, 3.63) is 48.0 Å². The topological polar surface area (TPSA) is 146 Å². The number of hydrogen-bond acceptors (Lipinski definition) is 8. The molecule has 0 unspecified atom stereocenters. The summed E-state index contributed by atoms with van der Waals surface area (Å²) in [5, 5.41) is 0.382. The van der Waals surface area contributed by atoms with Crippen molar-refractivity contribution < 1.29 is 26.8 Å². The number of hydrogen-bond donors (Lipinski definition) is 2. The van der Waals surface area contributed by atoms with Gasteiger partial charge in [-0.15, -0.1) is 0 Å². The van der Waals surface area contributed by atoms with Crippen molar-refractivity contribution in [3.63, 3.8) is 0 Å². The number of imide groups is 1. The molecule has 4 N–H and O–H groups in total. The smallest absolute Gasteiger partial charge is 0.295 e. The summed E-state index contributed by atoms with van der Waals surface area (Å²) in [5.74, 6) is 3.42. The van der Waals surface area contributed by atoms with Crippen molar-refractivity contribution in [1.82, 2.24) is 9.99 Å². The molecule has 2 aromatic rings. The Labute approximate surface area is 206 Å². The van der Waals surface area contributed by atoms with Crippen LogP contribution in [0.25, 0.3) is 0 Å². The van der Waals surface area contributed by atoms with Gasteiger partial charge < -0.3 is 10.2 Å². The number of nitrogens with zero attached hydrogens (tertiary/aromatic N) is 2. The highest BCUT2D eigenvalue weighted by atomic mass is 32.2. The quantitative estimate of drug-likeness (QED) is 0.166. The van der Waals surface area contributed by atoms with Crippen LogP contribution in [0.2, 0.25) is 16.6 Å². The maximum atomic E-state index is 13.1. The van der Waals surface area contributed by atoms with E-state index in [4.69, 9.17) is 16.0 Å². The summed E-state index contributed by atoms with van der Waals surface area (Å²) in [7, 11) is -6.42. The molecule has 9 nitrogen and oxygen atoms in total. The molecule has 0 radical (unpaired) electrons. The molecule has 0 saturated heterocycles. The Morgan fingerprint density at radius 1 is 1.03 bits per heavy atom. The Balaban J connectivity index is 2.24. The highest BCUT2D eigenvalue weighted by Gasteiger charge is 2.45. The number of hydrazine groups is 1. The van der Waals surface area contributed by atoms with Crippen LogP contribution in [0, 0.1) is 5.82 Å². The molecule has 0 bridgehead atoms. The Hall–Kier alpha value is -2.67. The molecule has 0 saturated carbocycles. The first kappa shape index (κ1) is 28.6. The number of aromatic nitrogens is 1. The number of anilines is 1. The van der Waals surface area contributed by atoms with Crippen molar-refractivity contribution >= 4 is 35.7 Å². The van der Waals surface area contributed by atoms with Gasteiger partial charge in [0.1, 0.15) is 12.4 Å². The van der Waals surface area contributed by atoms with E-state index in [0.29, 0.717) is 5.01 Å². The maximum absolute atomic E-state index is 13.1. The van der Waals surface area contributed by atoms with E-state index in [9.17, 15) is 22.4 Å². The van der Waals surface area contributed by atoms with Crippen LogP contribution >= 0.6 is 0 Å². The van der Waals surface area contributed by atoms with E-state index < -0.39 is 35.8 Å². The minimum atomic E-state index is -4.05. The first-order valence-electron chi connectivity index (χ1n) is 11.2. The van der Waals surface area contributed by atoms with Crippen LogP contribution in [0.1, 0.15) is 52.0 Å². The summed E-state index contributed by atoms with van der Waals surface area (Å²) in [6.07, 6.45) is 0.936. The standard InChI is InChI=1S/C23H33FN4O5SSi/c1-14(2)35(15(3)4,16(5)6)33-13-21(29)28(26)23(30)22-20(25)11-19(12-27-22)34(31,32)18-9-7-17(24)8-10-18/h7-12,14-16H,13,25-26H2,1-6H3. The van der Waals surface area contributed by atoms with Gasteiger partial charge in [-0.05, 0) is 47.0 Å². The summed E-state index contributed by atoms with van der Waals surface area (Å²) in [5.41, 5.74) is 5.92. The number of nitrogens with two attached hydrogens (primary N) is 2. The lowest BCUT2D eigenvalue weighted by atomic mass is 10.3. The van der Waals surface area contributed by atoms with Crippen LogP contribution in [0.4, 0.5) is 10.1 Å². The SMILES string of the molecule is CC(C)[Si](OCC(=O)N(N)C(=O)c1ncc(S(=O)(=O)c2ccc(F)cc2)cc1N)(C(C)C)C(C)C. The molecular formula is C23H33FN4O5SSi. The molecule has 0 fully saturated rings. The lowest BCUT2D eigenvalue weighted by molar-refractivity contribution is -0.131. The largest absolute Gasteiger partial charge is 0.407 e. The zero-order chi connectivity index (χ0) is 26.7. The summed E-state index contributed by atoms with van der Waals surface area (Å²) in [4.78, 5) is 28.9. The fraction of sp³-hybridized carbons (Fsp3) is 0.435. The van der Waals surface area contributed by atoms with Gasteiger partial charge in [0.15, 0.2) is 5.69 Å². The number of carbonyl (C=O) groups is 2. The number of rotatable bonds is 9. The molecule has 0 atom stereocenters. The zero-order valence-corrected chi connectivity index (χ0v) is 22.6. The van der Waals surface area contributed by atoms with Crippen LogP contribution in [0.3, 0.4) is 0 Å². The number of halogens is 1. The summed E-state index contributed by atoms with van der Waals surface area (Å²) < 4.78 is 44.9. The fourth-order valence-electron chi connectivity index (χ4n) is 4.52. The summed E-state index contributed by atoms with van der Waals surface area (Å²) in [6, 6.07) is 5.28. The number of benzene rings is 1. The minimum absolute atomic E-state index is 0.167. The molecule has 1 aromatic heterocycles. The first-order valence-corrected chi connectivity index (χ1v) is 14.8. The number of pyridine rings is 1. The van der Waals surface area contributed by atoms with E-state index in [1.807, 2.05) is 0 Å². The molecule has 1 heterocycles. The average Bonchev–Trinajstić information content (AvgIpc) is 2.77. The van der Waals surface area contributed by atoms with E-state index >= 15 is 0 Å². The predicted molar refractivity (Wildman–Crippen MR) is 133 cm³/mol. The van der Waals surface area contributed by atoms with E-state index in [2.05, 4.69) is 46.5 Å². The van der Waals surface area contributed by atoms with Gasteiger partial charge in [0.2, 0.25) is 18.2 Å². The molecule has 0 aliphatic heterocycles. The Morgan fingerprint density at radius 3 is 2.00 bits per heavy atom. The molecule has 2 rings (SSSR count). The average molecular weight is 525 g/mol. The van der Waals surface area contributed by atoms with Crippen LogP contribution in [0.15, 0.2) is 46.3 Å². The molecular weight excluding hydrogens is 491 g/mol. The zero-order valence-electron chi connectivity index (χ0n) is 20.8. The third-order valence-corrected chi connectivity index (χ3v) is 14.0. The van der Waals surface area contributed by atoms with E-state index in [-0.39, 0.29) is 44.4 Å². The van der Waals surface area contributed by atoms with E-state index in [1.54, 1.807) is 0 Å². The fourth-order valence-corrected chi connectivity index (χ4v) is 11.1. The Bertz CT molecular complexity index is 1170. The van der Waals surface area contributed by atoms with E-state index in [1.165, 1.54) is 0 Å². The molecule has 192 valence electrons. The highest BCUT2D eigenvalue weighted by molar-refractivity contribution is 7.91. The minimum Gasteiger partial charge on any atom is -0.407 e. The van der Waals surface area contributed by atoms with Gasteiger partial charge in [-0.1, -0.05) is 41.5 Å². The third-order valence-electron chi connectivity index (χ3n) is 6.17. The summed E-state index contributed by atoms with van der Waals surface area (Å²) >= 11 is 0. The molecule has 12 heteroatoms. The Morgan fingerprint density at radius 2 is 1.54 bits per heavy atom. The monoisotopic (exact) mass is 524 g/mol. The normalized spacial score (nSPS) is 12.4. The highest BCUT2D eigenvalue weighted by Crippen LogP contribution is 2.42. The number of carbonyl (C=O) groups excluding carboxylic acids is 2. The van der Waals surface area contributed by atoms with Gasteiger partial charge >= 0.3 is 0 Å². The second-order valence-electron chi connectivity index (χ2n) is 9.24. The van der Waals surface area contributed by atoms with Gasteiger partial charge in [-0.2, -0.15) is 0 Å². The van der Waals surface area contributed by atoms with Gasteiger partial charge in [0.25, 0.3) is 11.8 Å². The number of nitrogen functional groups attached to an aromatic ring is 1. The predicted octanol–water partition coefficient (Wildman–Crippen LogP) is 3.67. The van der Waals surface area contributed by atoms with Gasteiger partial charge in [0.05, 0.1) is 15.5 Å². The molecule has 0 spiro atoms. The second-order valence-corrected chi connectivity index (χ2v) is 16.7. The van der Waals surface area contributed by atoms with Crippen molar-refractivity contribution in [2.24, 2.45) is 5.84 Å². The number of amides is 2. The van der Waals surface area contributed by atoms with Crippen LogP contribution < -0.4 is 11.6 Å². The first-order chi connectivity index (χ1) is 16.2. The van der Waals surface area contributed by atoms with Gasteiger partial charge in [-0.3, -0.25) is 9.59 Å². The van der Waals surface area contributed by atoms with Gasteiger partial charge in [-0.25, -0.2) is 28.6 Å². The van der Waals surface area contributed by atoms with Crippen molar-refractivity contribution in [3.8, 4) is 0 Å². The van der Waals surface area contributed by atoms with Gasteiger partial charge in [0, 0.05) is 6.20 Å². The molecule has 0 aliphatic rings. The maximum Gasteiger partial charge on any atom is 0.295 e. The Kier molecular flexibility index (Phi) is 8.93. The van der Waals surface area contributed by atoms with Crippen molar-refractivity contribution in [2.45, 2.75) is 68.0 Å². The molecule has 1 aromatic carbocycles.